The highest BCUT2D eigenvalue weighted by molar-refractivity contribution is 5.15. The van der Waals surface area contributed by atoms with Gasteiger partial charge in [-0.2, -0.15) is 0 Å². The first-order valence-corrected chi connectivity index (χ1v) is 6.65. The number of hydrogen-bond donors (Lipinski definition) is 0. The molecule has 1 aromatic rings. The monoisotopic (exact) mass is 237 g/mol. The van der Waals surface area contributed by atoms with E-state index in [2.05, 4.69) is 0 Å². The molecule has 0 unspecified atom stereocenters. The van der Waals surface area contributed by atoms with Crippen molar-refractivity contribution in [1.29, 1.82) is 0 Å². The standard InChI is InChI=1S/C15H22FO/c16-15-11-9-14(10-12-15)8-6-4-2-1-3-5-7-13-17/h9-12H,1-8,13H2. The summed E-state index contributed by atoms with van der Waals surface area (Å²) in [7, 11) is 0. The summed E-state index contributed by atoms with van der Waals surface area (Å²) in [6.45, 7) is 0.0740. The minimum Gasteiger partial charge on any atom is -0.237 e. The fourth-order valence-corrected chi connectivity index (χ4v) is 1.97. The lowest BCUT2D eigenvalue weighted by Crippen LogP contribution is -1.87. The second kappa shape index (κ2) is 9.17. The fourth-order valence-electron chi connectivity index (χ4n) is 1.97. The van der Waals surface area contributed by atoms with Crippen molar-refractivity contribution in [3.05, 3.63) is 35.6 Å². The van der Waals surface area contributed by atoms with Crippen LogP contribution in [0.4, 0.5) is 4.39 Å². The average molecular weight is 237 g/mol. The Hall–Kier alpha value is -0.890. The smallest absolute Gasteiger partial charge is 0.123 e. The molecule has 0 fully saturated rings. The predicted molar refractivity (Wildman–Crippen MR) is 68.0 cm³/mol. The van der Waals surface area contributed by atoms with Crippen molar-refractivity contribution in [2.45, 2.75) is 51.4 Å². The summed E-state index contributed by atoms with van der Waals surface area (Å²) < 4.78 is 12.7. The number of halogens is 1. The Morgan fingerprint density at radius 1 is 0.765 bits per heavy atom. The van der Waals surface area contributed by atoms with Crippen LogP contribution >= 0.6 is 0 Å². The number of rotatable bonds is 9. The lowest BCUT2D eigenvalue weighted by Gasteiger charge is -2.02. The maximum atomic E-state index is 12.7. The normalized spacial score (nSPS) is 10.7. The summed E-state index contributed by atoms with van der Waals surface area (Å²) >= 11 is 0. The molecule has 0 N–H and O–H groups in total. The molecule has 1 nitrogen and oxygen atoms in total. The van der Waals surface area contributed by atoms with Gasteiger partial charge in [0.25, 0.3) is 0 Å². The third-order valence-electron chi connectivity index (χ3n) is 3.02. The predicted octanol–water partition coefficient (Wildman–Crippen LogP) is 4.53. The molecule has 95 valence electrons. The SMILES string of the molecule is [O]CCCCCCCCCc1ccc(F)cc1. The van der Waals surface area contributed by atoms with E-state index in [9.17, 15) is 9.50 Å². The van der Waals surface area contributed by atoms with E-state index in [1.807, 2.05) is 12.1 Å². The Bertz CT molecular complexity index is 281. The molecule has 0 spiro atoms. The Balaban J connectivity index is 1.95. The molecule has 0 aliphatic carbocycles. The maximum Gasteiger partial charge on any atom is 0.123 e. The third-order valence-corrected chi connectivity index (χ3v) is 3.02. The van der Waals surface area contributed by atoms with Gasteiger partial charge in [0.1, 0.15) is 5.82 Å². The van der Waals surface area contributed by atoms with E-state index in [-0.39, 0.29) is 12.4 Å². The zero-order chi connectivity index (χ0) is 12.3. The van der Waals surface area contributed by atoms with Crippen LogP contribution in [0.1, 0.15) is 50.5 Å². The van der Waals surface area contributed by atoms with Gasteiger partial charge in [0.05, 0.1) is 6.61 Å². The largest absolute Gasteiger partial charge is 0.237 e. The van der Waals surface area contributed by atoms with Crippen LogP contribution in [0, 0.1) is 5.82 Å². The van der Waals surface area contributed by atoms with Gasteiger partial charge in [0, 0.05) is 0 Å². The molecule has 0 amide bonds. The summed E-state index contributed by atoms with van der Waals surface area (Å²) in [4.78, 5) is 0. The Morgan fingerprint density at radius 2 is 1.29 bits per heavy atom. The fraction of sp³-hybridized carbons (Fsp3) is 0.600. The van der Waals surface area contributed by atoms with E-state index in [0.717, 1.165) is 19.3 Å². The second-order valence-electron chi connectivity index (χ2n) is 4.56. The van der Waals surface area contributed by atoms with E-state index < -0.39 is 0 Å². The Morgan fingerprint density at radius 3 is 1.88 bits per heavy atom. The molecule has 1 aromatic carbocycles. The zero-order valence-corrected chi connectivity index (χ0v) is 10.5. The molecule has 0 bridgehead atoms. The van der Waals surface area contributed by atoms with Crippen molar-refractivity contribution in [2.75, 3.05) is 6.61 Å². The zero-order valence-electron chi connectivity index (χ0n) is 10.5. The van der Waals surface area contributed by atoms with E-state index in [4.69, 9.17) is 0 Å². The van der Waals surface area contributed by atoms with Gasteiger partial charge in [0.15, 0.2) is 0 Å². The number of benzene rings is 1. The van der Waals surface area contributed by atoms with Gasteiger partial charge in [-0.25, -0.2) is 9.50 Å². The number of hydrogen-bond acceptors (Lipinski definition) is 0. The van der Waals surface area contributed by atoms with Crippen LogP contribution in [0.2, 0.25) is 0 Å². The van der Waals surface area contributed by atoms with E-state index in [1.54, 1.807) is 0 Å². The summed E-state index contributed by atoms with van der Waals surface area (Å²) in [5.41, 5.74) is 1.22. The van der Waals surface area contributed by atoms with Crippen LogP contribution in [0.5, 0.6) is 0 Å². The third kappa shape index (κ3) is 7.11. The van der Waals surface area contributed by atoms with E-state index in [0.29, 0.717) is 0 Å². The van der Waals surface area contributed by atoms with Crippen molar-refractivity contribution in [3.8, 4) is 0 Å². The minimum atomic E-state index is -0.160. The first-order chi connectivity index (χ1) is 8.33. The first-order valence-electron chi connectivity index (χ1n) is 6.65. The highest BCUT2D eigenvalue weighted by Crippen LogP contribution is 2.11. The van der Waals surface area contributed by atoms with Crippen LogP contribution < -0.4 is 0 Å². The molecule has 2 heteroatoms. The molecule has 1 radical (unpaired) electrons. The molecular weight excluding hydrogens is 215 g/mol. The van der Waals surface area contributed by atoms with Gasteiger partial charge >= 0.3 is 0 Å². The molecule has 0 saturated heterocycles. The van der Waals surface area contributed by atoms with Gasteiger partial charge in [-0.3, -0.25) is 0 Å². The quantitative estimate of drug-likeness (QED) is 0.562. The van der Waals surface area contributed by atoms with Crippen LogP contribution in [-0.4, -0.2) is 6.61 Å². The van der Waals surface area contributed by atoms with Crippen molar-refractivity contribution < 1.29 is 9.50 Å². The Labute approximate surface area is 104 Å². The highest BCUT2D eigenvalue weighted by Gasteiger charge is 1.95. The summed E-state index contributed by atoms with van der Waals surface area (Å²) in [5.74, 6) is -0.160. The summed E-state index contributed by atoms with van der Waals surface area (Å²) in [5, 5.41) is 10.2. The van der Waals surface area contributed by atoms with Crippen molar-refractivity contribution in [2.24, 2.45) is 0 Å². The van der Waals surface area contributed by atoms with E-state index in [1.165, 1.54) is 49.8 Å². The molecule has 0 atom stereocenters. The van der Waals surface area contributed by atoms with Gasteiger partial charge in [-0.15, -0.1) is 0 Å². The van der Waals surface area contributed by atoms with Crippen molar-refractivity contribution in [3.63, 3.8) is 0 Å². The van der Waals surface area contributed by atoms with Gasteiger partial charge in [-0.05, 0) is 37.0 Å². The van der Waals surface area contributed by atoms with Crippen molar-refractivity contribution in [1.82, 2.24) is 0 Å². The second-order valence-corrected chi connectivity index (χ2v) is 4.56. The first kappa shape index (κ1) is 14.2. The van der Waals surface area contributed by atoms with Gasteiger partial charge < -0.3 is 0 Å². The summed E-state index contributed by atoms with van der Waals surface area (Å²) in [6.07, 6.45) is 9.04. The lowest BCUT2D eigenvalue weighted by atomic mass is 10.0. The molecule has 1 rings (SSSR count). The number of unbranched alkanes of at least 4 members (excludes halogenated alkanes) is 6. The molecule has 0 aliphatic heterocycles. The Kier molecular flexibility index (Phi) is 7.65. The van der Waals surface area contributed by atoms with Crippen LogP contribution in [-0.2, 0) is 11.5 Å². The number of aryl methyl sites for hydroxylation is 1. The molecule has 0 heterocycles. The van der Waals surface area contributed by atoms with Gasteiger partial charge in [-0.1, -0.05) is 44.2 Å². The molecular formula is C15H22FO. The molecule has 0 aliphatic rings. The van der Waals surface area contributed by atoms with Crippen molar-refractivity contribution >= 4 is 0 Å². The highest BCUT2D eigenvalue weighted by atomic mass is 19.1. The van der Waals surface area contributed by atoms with Crippen LogP contribution in [0.3, 0.4) is 0 Å². The maximum absolute atomic E-state index is 12.7. The van der Waals surface area contributed by atoms with Crippen LogP contribution in [0.25, 0.3) is 0 Å². The summed E-state index contributed by atoms with van der Waals surface area (Å²) in [6, 6.07) is 6.78. The topological polar surface area (TPSA) is 19.9 Å². The van der Waals surface area contributed by atoms with Crippen LogP contribution in [0.15, 0.2) is 24.3 Å². The van der Waals surface area contributed by atoms with Gasteiger partial charge in [0.2, 0.25) is 0 Å². The molecule has 0 saturated carbocycles. The van der Waals surface area contributed by atoms with E-state index >= 15 is 0 Å². The average Bonchev–Trinajstić information content (AvgIpc) is 2.35. The molecule has 0 aromatic heterocycles. The molecule has 17 heavy (non-hydrogen) atoms. The minimum absolute atomic E-state index is 0.0740. The lowest BCUT2D eigenvalue weighted by molar-refractivity contribution is 0.186.